The van der Waals surface area contributed by atoms with Crippen LogP contribution in [0.4, 0.5) is 0 Å². The van der Waals surface area contributed by atoms with Crippen LogP contribution in [0.2, 0.25) is 0 Å². The van der Waals surface area contributed by atoms with Gasteiger partial charge in [0.2, 0.25) is 5.75 Å². The Labute approximate surface area is 503 Å². The summed E-state index contributed by atoms with van der Waals surface area (Å²) in [7, 11) is 0. The van der Waals surface area contributed by atoms with E-state index in [0.717, 1.165) is 110 Å². The van der Waals surface area contributed by atoms with E-state index >= 15 is 0 Å². The predicted molar refractivity (Wildman–Crippen MR) is 353 cm³/mol. The van der Waals surface area contributed by atoms with E-state index in [4.69, 9.17) is 23.7 Å². The van der Waals surface area contributed by atoms with Crippen molar-refractivity contribution in [1.82, 2.24) is 0 Å². The summed E-state index contributed by atoms with van der Waals surface area (Å²) in [5.74, 6) is 7.95. The summed E-state index contributed by atoms with van der Waals surface area (Å²) in [6, 6.07) is 15.1. The number of ether oxygens (including phenoxy) is 5. The topological polar surface area (TPSA) is 46.2 Å². The van der Waals surface area contributed by atoms with Crippen LogP contribution in [0.1, 0.15) is 278 Å². The molecule has 0 saturated carbocycles. The smallest absolute Gasteiger partial charge is 0.203 e. The van der Waals surface area contributed by atoms with Crippen molar-refractivity contribution in [2.75, 3.05) is 33.0 Å². The molecule has 0 saturated heterocycles. The molecule has 0 heterocycles. The highest BCUT2D eigenvalue weighted by Gasteiger charge is 2.19. The van der Waals surface area contributed by atoms with Gasteiger partial charge in [0.15, 0.2) is 11.5 Å². The quantitative estimate of drug-likeness (QED) is 0.0416. The van der Waals surface area contributed by atoms with Crippen LogP contribution in [-0.4, -0.2) is 33.0 Å². The first kappa shape index (κ1) is 70.4. The fourth-order valence-corrected chi connectivity index (χ4v) is 11.5. The SMILES string of the molecule is CCCCCCCCCCOc1cc(/C=C/c2cc(OCC[C@@H](C)CCCC(C)C)c(OCC[C@@H](C)CCCC(C)C)c(OCC[C@@H](C)CCCC(C)C)c2)c(OCCCCCCCCCC)cc1/C=C/c1cc(Br)cc(Br)c1. The lowest BCUT2D eigenvalue weighted by Gasteiger charge is -2.21. The summed E-state index contributed by atoms with van der Waals surface area (Å²) in [6.07, 6.45) is 43.1. The Bertz CT molecular complexity index is 2010. The van der Waals surface area contributed by atoms with E-state index in [9.17, 15) is 0 Å². The van der Waals surface area contributed by atoms with E-state index in [-0.39, 0.29) is 0 Å². The van der Waals surface area contributed by atoms with Gasteiger partial charge in [0.25, 0.3) is 0 Å². The van der Waals surface area contributed by atoms with Gasteiger partial charge in [0.1, 0.15) is 11.5 Å². The Morgan fingerprint density at radius 3 is 1.01 bits per heavy atom. The monoisotopic (exact) mass is 1220 g/mol. The second kappa shape index (κ2) is 43.7. The molecule has 7 heteroatoms. The van der Waals surface area contributed by atoms with Crippen molar-refractivity contribution in [3.63, 3.8) is 0 Å². The summed E-state index contributed by atoms with van der Waals surface area (Å²) in [4.78, 5) is 0. The molecule has 3 aromatic rings. The lowest BCUT2D eigenvalue weighted by Crippen LogP contribution is -2.10. The van der Waals surface area contributed by atoms with Gasteiger partial charge in [-0.1, -0.05) is 280 Å². The van der Waals surface area contributed by atoms with E-state index in [2.05, 4.69) is 175 Å². The molecule has 0 aliphatic carbocycles. The highest BCUT2D eigenvalue weighted by atomic mass is 79.9. The zero-order chi connectivity index (χ0) is 57.5. The molecule has 0 N–H and O–H groups in total. The molecule has 0 aliphatic heterocycles. The molecule has 0 radical (unpaired) electrons. The normalized spacial score (nSPS) is 13.1. The number of hydrogen-bond acceptors (Lipinski definition) is 5. The van der Waals surface area contributed by atoms with Crippen molar-refractivity contribution in [3.8, 4) is 28.7 Å². The molecule has 5 nitrogen and oxygen atoms in total. The molecule has 0 fully saturated rings. The van der Waals surface area contributed by atoms with Gasteiger partial charge in [-0.2, -0.15) is 0 Å². The zero-order valence-electron chi connectivity index (χ0n) is 52.4. The lowest BCUT2D eigenvalue weighted by atomic mass is 9.97. The maximum absolute atomic E-state index is 6.87. The van der Waals surface area contributed by atoms with Crippen LogP contribution in [0.25, 0.3) is 24.3 Å². The Morgan fingerprint density at radius 1 is 0.316 bits per heavy atom. The number of unbranched alkanes of at least 4 members (excludes halogenated alkanes) is 14. The third-order valence-electron chi connectivity index (χ3n) is 15.5. The number of halogens is 2. The number of benzene rings is 3. The molecule has 0 unspecified atom stereocenters. The fourth-order valence-electron chi connectivity index (χ4n) is 10.2. The first-order valence-electron chi connectivity index (χ1n) is 32.5. The summed E-state index contributed by atoms with van der Waals surface area (Å²) < 4.78 is 36.3. The van der Waals surface area contributed by atoms with Crippen LogP contribution in [0.15, 0.2) is 51.4 Å². The first-order valence-corrected chi connectivity index (χ1v) is 34.1. The van der Waals surface area contributed by atoms with Gasteiger partial charge in [0, 0.05) is 20.1 Å². The van der Waals surface area contributed by atoms with Gasteiger partial charge in [0.05, 0.1) is 33.0 Å². The Kier molecular flexibility index (Phi) is 39.0. The zero-order valence-corrected chi connectivity index (χ0v) is 55.6. The van der Waals surface area contributed by atoms with E-state index in [1.807, 2.05) is 0 Å². The number of rotatable bonds is 48. The minimum Gasteiger partial charge on any atom is -0.493 e. The van der Waals surface area contributed by atoms with Crippen LogP contribution in [0.3, 0.4) is 0 Å². The standard InChI is InChI=1S/C72H116Br2O5/c1-12-14-16-18-20-22-24-26-44-75-68-54-65(69(76-45-27-25-23-21-19-17-15-13-2)53-64(68)39-37-62-49-66(73)55-67(74)50-62)40-38-63-51-70(77-46-41-59(9)34-28-31-56(3)4)72(79-48-43-61(11)36-30-33-58(7)8)71(52-63)78-47-42-60(10)35-29-32-57(5)6/h37-40,49-61H,12-36,41-48H2,1-11H3/b39-37+,40-38+/t59-,60-,61-/m0/s1. The molecule has 0 aromatic heterocycles. The van der Waals surface area contributed by atoms with Crippen molar-refractivity contribution >= 4 is 56.2 Å². The van der Waals surface area contributed by atoms with Crippen molar-refractivity contribution in [2.45, 2.75) is 256 Å². The molecule has 3 aromatic carbocycles. The van der Waals surface area contributed by atoms with Gasteiger partial charge >= 0.3 is 0 Å². The summed E-state index contributed by atoms with van der Waals surface area (Å²) >= 11 is 7.41. The van der Waals surface area contributed by atoms with E-state index < -0.39 is 0 Å². The van der Waals surface area contributed by atoms with E-state index in [0.29, 0.717) is 50.8 Å². The molecule has 0 aliphatic rings. The molecular formula is C72H116Br2O5. The van der Waals surface area contributed by atoms with Crippen molar-refractivity contribution in [1.29, 1.82) is 0 Å². The van der Waals surface area contributed by atoms with Crippen LogP contribution in [-0.2, 0) is 0 Å². The van der Waals surface area contributed by atoms with Gasteiger partial charge in [-0.25, -0.2) is 0 Å². The van der Waals surface area contributed by atoms with Crippen LogP contribution in [0.5, 0.6) is 28.7 Å². The summed E-state index contributed by atoms with van der Waals surface area (Å²) in [6.45, 7) is 28.9. The predicted octanol–water partition coefficient (Wildman–Crippen LogP) is 24.3. The van der Waals surface area contributed by atoms with Gasteiger partial charge in [-0.15, -0.1) is 0 Å². The summed E-state index contributed by atoms with van der Waals surface area (Å²) in [5.41, 5.74) is 4.11. The van der Waals surface area contributed by atoms with Gasteiger partial charge < -0.3 is 23.7 Å². The first-order chi connectivity index (χ1) is 38.2. The molecule has 3 atom stereocenters. The van der Waals surface area contributed by atoms with Gasteiger partial charge in [-0.3, -0.25) is 0 Å². The minimum absolute atomic E-state index is 0.580. The van der Waals surface area contributed by atoms with Crippen molar-refractivity contribution < 1.29 is 23.7 Å². The highest BCUT2D eigenvalue weighted by molar-refractivity contribution is 9.11. The molecule has 0 spiro atoms. The molecule has 0 amide bonds. The Balaban J connectivity index is 2.11. The van der Waals surface area contributed by atoms with Crippen LogP contribution >= 0.6 is 31.9 Å². The third-order valence-corrected chi connectivity index (χ3v) is 16.4. The second-order valence-electron chi connectivity index (χ2n) is 25.0. The largest absolute Gasteiger partial charge is 0.493 e. The Hall–Kier alpha value is -2.90. The van der Waals surface area contributed by atoms with Crippen LogP contribution in [0, 0.1) is 35.5 Å². The highest BCUT2D eigenvalue weighted by Crippen LogP contribution is 2.41. The molecule has 79 heavy (non-hydrogen) atoms. The van der Waals surface area contributed by atoms with Gasteiger partial charge in [-0.05, 0) is 121 Å². The third kappa shape index (κ3) is 33.7. The van der Waals surface area contributed by atoms with Crippen molar-refractivity contribution in [2.24, 2.45) is 35.5 Å². The lowest BCUT2D eigenvalue weighted by molar-refractivity contribution is 0.216. The average molecular weight is 1220 g/mol. The van der Waals surface area contributed by atoms with Crippen molar-refractivity contribution in [3.05, 3.63) is 73.7 Å². The van der Waals surface area contributed by atoms with Crippen LogP contribution < -0.4 is 23.7 Å². The molecule has 448 valence electrons. The van der Waals surface area contributed by atoms with E-state index in [1.165, 1.54) is 148 Å². The molecular weight excluding hydrogens is 1100 g/mol. The maximum Gasteiger partial charge on any atom is 0.203 e. The minimum atomic E-state index is 0.580. The van der Waals surface area contributed by atoms with E-state index in [1.54, 1.807) is 0 Å². The maximum atomic E-state index is 6.87. The molecule has 3 rings (SSSR count). The Morgan fingerprint density at radius 2 is 0.646 bits per heavy atom. The number of hydrogen-bond donors (Lipinski definition) is 0. The fraction of sp³-hybridized carbons (Fsp3) is 0.694. The molecule has 0 bridgehead atoms. The summed E-state index contributed by atoms with van der Waals surface area (Å²) in [5, 5.41) is 0. The second-order valence-corrected chi connectivity index (χ2v) is 26.8. The average Bonchev–Trinajstić information content (AvgIpc) is 3.42.